The smallest absolute Gasteiger partial charge is 0.279 e. The van der Waals surface area contributed by atoms with Crippen LogP contribution >= 0.6 is 0 Å². The lowest BCUT2D eigenvalue weighted by atomic mass is 10.0. The van der Waals surface area contributed by atoms with Gasteiger partial charge in [0.25, 0.3) is 5.91 Å². The molecule has 1 heterocycles. The number of hydrogen-bond donors (Lipinski definition) is 0. The Kier molecular flexibility index (Phi) is 5.10. The monoisotopic (exact) mass is 364 g/mol. The zero-order chi connectivity index (χ0) is 18.6. The Morgan fingerprint density at radius 1 is 0.852 bits per heavy atom. The highest BCUT2D eigenvalue weighted by Gasteiger charge is 2.33. The topological polar surface area (TPSA) is 49.9 Å². The van der Waals surface area contributed by atoms with Gasteiger partial charge in [-0.3, -0.25) is 14.6 Å². The van der Waals surface area contributed by atoms with Crippen molar-refractivity contribution in [1.29, 1.82) is 0 Å². The third kappa shape index (κ3) is 3.97. The van der Waals surface area contributed by atoms with E-state index in [-0.39, 0.29) is 18.4 Å². The summed E-state index contributed by atoms with van der Waals surface area (Å²) >= 11 is 0. The van der Waals surface area contributed by atoms with Gasteiger partial charge >= 0.3 is 0 Å². The molecule has 0 N–H and O–H groups in total. The number of amides is 2. The third-order valence-electron chi connectivity index (χ3n) is 5.31. The van der Waals surface area contributed by atoms with E-state index in [1.165, 1.54) is 11.1 Å². The number of benzene rings is 2. The number of para-hydroxylation sites is 1. The minimum atomic E-state index is -0.167. The molecule has 0 unspecified atom stereocenters. The minimum absolute atomic E-state index is 0.0402. The number of hydrogen-bond acceptors (Lipinski definition) is 3. The summed E-state index contributed by atoms with van der Waals surface area (Å²) < 4.78 is 5.55. The number of ether oxygens (including phenoxy) is 1. The van der Waals surface area contributed by atoms with Crippen LogP contribution < -0.4 is 4.74 Å². The molecule has 0 spiro atoms. The quantitative estimate of drug-likeness (QED) is 0.820. The van der Waals surface area contributed by atoms with Crippen LogP contribution in [0.5, 0.6) is 5.75 Å². The predicted octanol–water partition coefficient (Wildman–Crippen LogP) is 2.85. The second kappa shape index (κ2) is 7.82. The van der Waals surface area contributed by atoms with E-state index in [2.05, 4.69) is 24.3 Å². The van der Waals surface area contributed by atoms with E-state index in [1.807, 2.05) is 30.3 Å². The van der Waals surface area contributed by atoms with Crippen LogP contribution in [0.1, 0.15) is 24.0 Å². The SMILES string of the molecule is O=C(COc1ccccc1)N1CCCN1C(=O)CC1Cc2ccccc2C1. The van der Waals surface area contributed by atoms with Crippen molar-refractivity contribution in [3.05, 3.63) is 65.7 Å². The van der Waals surface area contributed by atoms with Crippen LogP contribution in [0.15, 0.2) is 54.6 Å². The van der Waals surface area contributed by atoms with Crippen molar-refractivity contribution in [2.75, 3.05) is 19.7 Å². The standard InChI is InChI=1S/C22H24N2O3/c25-21(15-17-13-18-7-4-5-8-19(18)14-17)23-11-6-12-24(23)22(26)16-27-20-9-2-1-3-10-20/h1-5,7-10,17H,6,11-16H2. The lowest BCUT2D eigenvalue weighted by Gasteiger charge is -2.28. The molecule has 0 radical (unpaired) electrons. The first-order valence-electron chi connectivity index (χ1n) is 9.56. The molecule has 0 bridgehead atoms. The molecule has 0 atom stereocenters. The molecule has 1 saturated heterocycles. The highest BCUT2D eigenvalue weighted by atomic mass is 16.5. The Labute approximate surface area is 159 Å². The summed E-state index contributed by atoms with van der Waals surface area (Å²) in [4.78, 5) is 25.4. The van der Waals surface area contributed by atoms with Crippen molar-refractivity contribution in [3.63, 3.8) is 0 Å². The van der Waals surface area contributed by atoms with Crippen LogP contribution in [0.2, 0.25) is 0 Å². The number of nitrogens with zero attached hydrogens (tertiary/aromatic N) is 2. The third-order valence-corrected chi connectivity index (χ3v) is 5.31. The van der Waals surface area contributed by atoms with Crippen LogP contribution in [-0.4, -0.2) is 41.5 Å². The maximum Gasteiger partial charge on any atom is 0.279 e. The molecule has 2 aromatic carbocycles. The second-order valence-electron chi connectivity index (χ2n) is 7.24. The summed E-state index contributed by atoms with van der Waals surface area (Å²) in [6.07, 6.45) is 3.19. The molecule has 2 amide bonds. The van der Waals surface area contributed by atoms with Gasteiger partial charge in [-0.2, -0.15) is 0 Å². The molecule has 5 nitrogen and oxygen atoms in total. The van der Waals surface area contributed by atoms with Crippen molar-refractivity contribution in [1.82, 2.24) is 10.0 Å². The van der Waals surface area contributed by atoms with E-state index < -0.39 is 0 Å². The van der Waals surface area contributed by atoms with E-state index in [1.54, 1.807) is 10.0 Å². The molecule has 140 valence electrons. The van der Waals surface area contributed by atoms with Gasteiger partial charge in [-0.15, -0.1) is 0 Å². The van der Waals surface area contributed by atoms with Crippen molar-refractivity contribution in [2.24, 2.45) is 5.92 Å². The first-order chi connectivity index (χ1) is 13.2. The highest BCUT2D eigenvalue weighted by molar-refractivity contribution is 5.83. The Balaban J connectivity index is 1.32. The largest absolute Gasteiger partial charge is 0.484 e. The molecule has 1 aliphatic carbocycles. The van der Waals surface area contributed by atoms with Crippen LogP contribution in [0.3, 0.4) is 0 Å². The number of hydrazine groups is 1. The minimum Gasteiger partial charge on any atom is -0.484 e. The molecular formula is C22H24N2O3. The van der Waals surface area contributed by atoms with Gasteiger partial charge in [-0.05, 0) is 48.4 Å². The van der Waals surface area contributed by atoms with Gasteiger partial charge in [0.2, 0.25) is 5.91 Å². The second-order valence-corrected chi connectivity index (χ2v) is 7.24. The molecule has 2 aliphatic rings. The number of carbonyl (C=O) groups is 2. The first-order valence-corrected chi connectivity index (χ1v) is 9.56. The van der Waals surface area contributed by atoms with Crippen molar-refractivity contribution in [3.8, 4) is 5.75 Å². The summed E-state index contributed by atoms with van der Waals surface area (Å²) in [5, 5.41) is 3.19. The molecule has 2 aromatic rings. The Hall–Kier alpha value is -2.82. The highest BCUT2D eigenvalue weighted by Crippen LogP contribution is 2.29. The van der Waals surface area contributed by atoms with Gasteiger partial charge in [-0.1, -0.05) is 42.5 Å². The fourth-order valence-corrected chi connectivity index (χ4v) is 4.01. The van der Waals surface area contributed by atoms with Crippen LogP contribution in [-0.2, 0) is 22.4 Å². The maximum atomic E-state index is 12.8. The molecule has 1 fully saturated rings. The van der Waals surface area contributed by atoms with E-state index >= 15 is 0 Å². The maximum absolute atomic E-state index is 12.8. The van der Waals surface area contributed by atoms with E-state index in [0.29, 0.717) is 31.2 Å². The summed E-state index contributed by atoms with van der Waals surface area (Å²) in [5.41, 5.74) is 2.70. The lowest BCUT2D eigenvalue weighted by molar-refractivity contribution is -0.159. The average molecular weight is 364 g/mol. The lowest BCUT2D eigenvalue weighted by Crippen LogP contribution is -2.47. The molecule has 27 heavy (non-hydrogen) atoms. The van der Waals surface area contributed by atoms with E-state index in [9.17, 15) is 9.59 Å². The van der Waals surface area contributed by atoms with Crippen LogP contribution in [0, 0.1) is 5.92 Å². The molecule has 0 aromatic heterocycles. The normalized spacial score (nSPS) is 16.4. The van der Waals surface area contributed by atoms with Crippen LogP contribution in [0.25, 0.3) is 0 Å². The Morgan fingerprint density at radius 2 is 1.44 bits per heavy atom. The van der Waals surface area contributed by atoms with Gasteiger partial charge in [-0.25, -0.2) is 5.01 Å². The van der Waals surface area contributed by atoms with Crippen LogP contribution in [0.4, 0.5) is 0 Å². The van der Waals surface area contributed by atoms with Crippen molar-refractivity contribution in [2.45, 2.75) is 25.7 Å². The Morgan fingerprint density at radius 3 is 2.11 bits per heavy atom. The number of carbonyl (C=O) groups excluding carboxylic acids is 2. The van der Waals surface area contributed by atoms with Gasteiger partial charge in [0, 0.05) is 19.5 Å². The number of rotatable bonds is 5. The first kappa shape index (κ1) is 17.6. The van der Waals surface area contributed by atoms with E-state index in [0.717, 1.165) is 19.3 Å². The number of fused-ring (bicyclic) bond motifs is 1. The molecule has 1 aliphatic heterocycles. The van der Waals surface area contributed by atoms with Crippen molar-refractivity contribution < 1.29 is 14.3 Å². The predicted molar refractivity (Wildman–Crippen MR) is 102 cm³/mol. The molecule has 0 saturated carbocycles. The van der Waals surface area contributed by atoms with Gasteiger partial charge in [0.1, 0.15) is 5.75 Å². The fraction of sp³-hybridized carbons (Fsp3) is 0.364. The van der Waals surface area contributed by atoms with Gasteiger partial charge in [0.05, 0.1) is 0 Å². The van der Waals surface area contributed by atoms with Gasteiger partial charge in [0.15, 0.2) is 6.61 Å². The molecule has 5 heteroatoms. The fourth-order valence-electron chi connectivity index (χ4n) is 4.01. The summed E-state index contributed by atoms with van der Waals surface area (Å²) in [7, 11) is 0. The summed E-state index contributed by atoms with van der Waals surface area (Å²) in [6.45, 7) is 1.13. The average Bonchev–Trinajstić information content (AvgIpc) is 3.33. The molecule has 4 rings (SSSR count). The van der Waals surface area contributed by atoms with Gasteiger partial charge < -0.3 is 4.74 Å². The molecular weight excluding hydrogens is 340 g/mol. The zero-order valence-electron chi connectivity index (χ0n) is 15.3. The zero-order valence-corrected chi connectivity index (χ0v) is 15.3. The Bertz CT molecular complexity index is 796. The summed E-state index contributed by atoms with van der Waals surface area (Å²) in [6, 6.07) is 17.7. The van der Waals surface area contributed by atoms with Crippen molar-refractivity contribution >= 4 is 11.8 Å². The summed E-state index contributed by atoms with van der Waals surface area (Å²) in [5.74, 6) is 0.859. The van der Waals surface area contributed by atoms with E-state index in [4.69, 9.17) is 4.74 Å².